The third-order valence-corrected chi connectivity index (χ3v) is 3.77. The third kappa shape index (κ3) is 3.13. The predicted molar refractivity (Wildman–Crippen MR) is 79.8 cm³/mol. The van der Waals surface area contributed by atoms with Crippen molar-refractivity contribution in [2.45, 2.75) is 31.7 Å². The molecule has 1 aliphatic rings. The van der Waals surface area contributed by atoms with E-state index in [0.717, 1.165) is 23.6 Å². The molecule has 1 heterocycles. The Hall–Kier alpha value is -0.840. The smallest absolute Gasteiger partial charge is 0.226 e. The Labute approximate surface area is 118 Å². The number of aromatic nitrogens is 2. The van der Waals surface area contributed by atoms with Crippen LogP contribution < -0.4 is 9.80 Å². The molecular weight excluding hydrogens is 292 g/mol. The first-order valence-corrected chi connectivity index (χ1v) is 7.67. The van der Waals surface area contributed by atoms with Gasteiger partial charge in [-0.15, -0.1) is 0 Å². The molecular formula is C13H21BrN4. The Kier molecular flexibility index (Phi) is 4.80. The van der Waals surface area contributed by atoms with Crippen molar-refractivity contribution >= 4 is 27.7 Å². The molecule has 0 amide bonds. The summed E-state index contributed by atoms with van der Waals surface area (Å²) in [5.74, 6) is 1.84. The third-order valence-electron chi connectivity index (χ3n) is 3.41. The van der Waals surface area contributed by atoms with Crippen LogP contribution in [0.2, 0.25) is 0 Å². The van der Waals surface area contributed by atoms with Crippen molar-refractivity contribution < 1.29 is 0 Å². The minimum atomic E-state index is 0.646. The highest BCUT2D eigenvalue weighted by Crippen LogP contribution is 2.27. The van der Waals surface area contributed by atoms with E-state index in [9.17, 15) is 0 Å². The Balaban J connectivity index is 2.21. The number of rotatable bonds is 5. The van der Waals surface area contributed by atoms with Crippen molar-refractivity contribution in [3.8, 4) is 0 Å². The first-order valence-electron chi connectivity index (χ1n) is 6.55. The fourth-order valence-electron chi connectivity index (χ4n) is 2.51. The van der Waals surface area contributed by atoms with Gasteiger partial charge in [-0.1, -0.05) is 28.8 Å². The van der Waals surface area contributed by atoms with Crippen LogP contribution in [0.4, 0.5) is 11.8 Å². The van der Waals surface area contributed by atoms with Crippen LogP contribution in [0.5, 0.6) is 0 Å². The Bertz CT molecular complexity index is 377. The van der Waals surface area contributed by atoms with Crippen LogP contribution in [0.15, 0.2) is 12.3 Å². The quantitative estimate of drug-likeness (QED) is 0.783. The maximum atomic E-state index is 4.66. The average Bonchev–Trinajstić information content (AvgIpc) is 2.89. The SMILES string of the molecule is CN(C)c1nccc(N(CCBr)C2CCCC2)n1. The number of hydrogen-bond donors (Lipinski definition) is 0. The van der Waals surface area contributed by atoms with Gasteiger partial charge in [0.05, 0.1) is 0 Å². The summed E-state index contributed by atoms with van der Waals surface area (Å²) < 4.78 is 0. The van der Waals surface area contributed by atoms with E-state index < -0.39 is 0 Å². The highest BCUT2D eigenvalue weighted by Gasteiger charge is 2.23. The zero-order chi connectivity index (χ0) is 13.0. The lowest BCUT2D eigenvalue weighted by Crippen LogP contribution is -2.35. The van der Waals surface area contributed by atoms with Gasteiger partial charge in [-0.25, -0.2) is 4.98 Å². The highest BCUT2D eigenvalue weighted by atomic mass is 79.9. The molecule has 1 aromatic rings. The second-order valence-electron chi connectivity index (χ2n) is 4.93. The molecule has 0 radical (unpaired) electrons. The summed E-state index contributed by atoms with van der Waals surface area (Å²) in [6.45, 7) is 1.01. The van der Waals surface area contributed by atoms with Crippen LogP contribution in [0.3, 0.4) is 0 Å². The molecule has 0 spiro atoms. The van der Waals surface area contributed by atoms with E-state index in [-0.39, 0.29) is 0 Å². The zero-order valence-electron chi connectivity index (χ0n) is 11.1. The molecule has 0 N–H and O–H groups in total. The van der Waals surface area contributed by atoms with Gasteiger partial charge in [-0.05, 0) is 18.9 Å². The van der Waals surface area contributed by atoms with Gasteiger partial charge < -0.3 is 9.80 Å². The van der Waals surface area contributed by atoms with E-state index in [1.54, 1.807) is 0 Å². The Morgan fingerprint density at radius 1 is 1.33 bits per heavy atom. The molecule has 0 aromatic carbocycles. The van der Waals surface area contributed by atoms with E-state index in [0.29, 0.717) is 6.04 Å². The number of hydrogen-bond acceptors (Lipinski definition) is 4. The Morgan fingerprint density at radius 3 is 2.67 bits per heavy atom. The summed E-state index contributed by atoms with van der Waals surface area (Å²) >= 11 is 3.55. The molecule has 0 bridgehead atoms. The van der Waals surface area contributed by atoms with E-state index in [1.165, 1.54) is 25.7 Å². The number of nitrogens with zero attached hydrogens (tertiary/aromatic N) is 4. The molecule has 1 aliphatic carbocycles. The molecule has 0 unspecified atom stereocenters. The van der Waals surface area contributed by atoms with Gasteiger partial charge in [-0.3, -0.25) is 0 Å². The number of alkyl halides is 1. The summed E-state index contributed by atoms with van der Waals surface area (Å²) in [5.41, 5.74) is 0. The summed E-state index contributed by atoms with van der Waals surface area (Å²) in [6.07, 6.45) is 7.11. The van der Waals surface area contributed by atoms with Gasteiger partial charge in [0.2, 0.25) is 5.95 Å². The van der Waals surface area contributed by atoms with Gasteiger partial charge in [-0.2, -0.15) is 4.98 Å². The minimum absolute atomic E-state index is 0.646. The number of halogens is 1. The summed E-state index contributed by atoms with van der Waals surface area (Å²) in [6, 6.07) is 2.67. The van der Waals surface area contributed by atoms with Crippen LogP contribution in [0, 0.1) is 0 Å². The topological polar surface area (TPSA) is 32.3 Å². The lowest BCUT2D eigenvalue weighted by Gasteiger charge is -2.29. The maximum Gasteiger partial charge on any atom is 0.226 e. The van der Waals surface area contributed by atoms with E-state index >= 15 is 0 Å². The van der Waals surface area contributed by atoms with Gasteiger partial charge in [0.1, 0.15) is 5.82 Å². The molecule has 0 saturated heterocycles. The average molecular weight is 313 g/mol. The predicted octanol–water partition coefficient (Wildman–Crippen LogP) is 2.69. The molecule has 2 rings (SSSR count). The summed E-state index contributed by atoms with van der Waals surface area (Å²) in [4.78, 5) is 13.3. The maximum absolute atomic E-state index is 4.66. The van der Waals surface area contributed by atoms with Crippen molar-refractivity contribution in [3.63, 3.8) is 0 Å². The van der Waals surface area contributed by atoms with Crippen molar-refractivity contribution in [3.05, 3.63) is 12.3 Å². The van der Waals surface area contributed by atoms with E-state index in [1.807, 2.05) is 31.3 Å². The van der Waals surface area contributed by atoms with Crippen LogP contribution in [-0.2, 0) is 0 Å². The molecule has 4 nitrogen and oxygen atoms in total. The standard InChI is InChI=1S/C13H21BrN4/c1-17(2)13-15-9-7-12(16-13)18(10-8-14)11-5-3-4-6-11/h7,9,11H,3-6,8,10H2,1-2H3. The van der Waals surface area contributed by atoms with E-state index in [4.69, 9.17) is 0 Å². The Morgan fingerprint density at radius 2 is 2.06 bits per heavy atom. The van der Waals surface area contributed by atoms with Crippen LogP contribution in [0.1, 0.15) is 25.7 Å². The summed E-state index contributed by atoms with van der Waals surface area (Å²) in [5, 5.41) is 0.977. The molecule has 5 heteroatoms. The van der Waals surface area contributed by atoms with Crippen LogP contribution >= 0.6 is 15.9 Å². The minimum Gasteiger partial charge on any atom is -0.353 e. The number of anilines is 2. The highest BCUT2D eigenvalue weighted by molar-refractivity contribution is 9.09. The zero-order valence-corrected chi connectivity index (χ0v) is 12.7. The summed E-state index contributed by atoms with van der Waals surface area (Å²) in [7, 11) is 3.95. The van der Waals surface area contributed by atoms with Crippen molar-refractivity contribution in [1.82, 2.24) is 9.97 Å². The second kappa shape index (κ2) is 6.36. The van der Waals surface area contributed by atoms with Gasteiger partial charge in [0, 0.05) is 38.2 Å². The molecule has 1 fully saturated rings. The normalized spacial score (nSPS) is 15.9. The monoisotopic (exact) mass is 312 g/mol. The van der Waals surface area contributed by atoms with Gasteiger partial charge in [0.25, 0.3) is 0 Å². The van der Waals surface area contributed by atoms with Crippen LogP contribution in [-0.4, -0.2) is 42.0 Å². The fourth-order valence-corrected chi connectivity index (χ4v) is 2.89. The largest absolute Gasteiger partial charge is 0.353 e. The molecule has 1 saturated carbocycles. The molecule has 0 atom stereocenters. The molecule has 18 heavy (non-hydrogen) atoms. The molecule has 0 aliphatic heterocycles. The van der Waals surface area contributed by atoms with E-state index in [2.05, 4.69) is 30.8 Å². The molecule has 100 valence electrons. The molecule has 1 aromatic heterocycles. The van der Waals surface area contributed by atoms with Crippen molar-refractivity contribution in [2.75, 3.05) is 35.8 Å². The van der Waals surface area contributed by atoms with Crippen molar-refractivity contribution in [2.24, 2.45) is 0 Å². The lowest BCUT2D eigenvalue weighted by atomic mass is 10.2. The first-order chi connectivity index (χ1) is 8.72. The first kappa shape index (κ1) is 13.6. The van der Waals surface area contributed by atoms with Gasteiger partial charge >= 0.3 is 0 Å². The lowest BCUT2D eigenvalue weighted by molar-refractivity contribution is 0.615. The van der Waals surface area contributed by atoms with Gasteiger partial charge in [0.15, 0.2) is 0 Å². The van der Waals surface area contributed by atoms with Crippen molar-refractivity contribution in [1.29, 1.82) is 0 Å². The second-order valence-corrected chi connectivity index (χ2v) is 5.72. The fraction of sp³-hybridized carbons (Fsp3) is 0.692. The van der Waals surface area contributed by atoms with Crippen LogP contribution in [0.25, 0.3) is 0 Å².